The van der Waals surface area contributed by atoms with Crippen LogP contribution in [0, 0.1) is 13.8 Å². The molecule has 0 radical (unpaired) electrons. The van der Waals surface area contributed by atoms with Crippen molar-refractivity contribution < 1.29 is 0 Å². The van der Waals surface area contributed by atoms with Crippen LogP contribution >= 0.6 is 11.3 Å². The Morgan fingerprint density at radius 2 is 1.86 bits per heavy atom. The number of aromatic nitrogens is 4. The highest BCUT2D eigenvalue weighted by Gasteiger charge is 2.14. The average Bonchev–Trinajstić information content (AvgIpc) is 3.08. The number of nitrogens with zero attached hydrogens (tertiary/aromatic N) is 4. The van der Waals surface area contributed by atoms with E-state index >= 15 is 0 Å². The number of thiophene rings is 1. The van der Waals surface area contributed by atoms with Gasteiger partial charge < -0.3 is 0 Å². The molecule has 4 nitrogen and oxygen atoms in total. The zero-order valence-electron chi connectivity index (χ0n) is 12.6. The highest BCUT2D eigenvalue weighted by Crippen LogP contribution is 2.31. The van der Waals surface area contributed by atoms with Crippen molar-refractivity contribution in [3.05, 3.63) is 58.5 Å². The Balaban J connectivity index is 1.75. The molecule has 0 spiro atoms. The molecule has 1 aromatic carbocycles. The van der Waals surface area contributed by atoms with Gasteiger partial charge in [-0.1, -0.05) is 30.3 Å². The zero-order chi connectivity index (χ0) is 15.1. The zero-order valence-corrected chi connectivity index (χ0v) is 13.4. The van der Waals surface area contributed by atoms with Gasteiger partial charge in [0.1, 0.15) is 17.0 Å². The lowest BCUT2D eigenvalue weighted by Crippen LogP contribution is -1.99. The van der Waals surface area contributed by atoms with Crippen molar-refractivity contribution in [1.82, 2.24) is 19.6 Å². The van der Waals surface area contributed by atoms with Crippen LogP contribution in [0.1, 0.15) is 21.8 Å². The van der Waals surface area contributed by atoms with E-state index in [0.29, 0.717) is 0 Å². The Morgan fingerprint density at radius 3 is 2.68 bits per heavy atom. The van der Waals surface area contributed by atoms with Gasteiger partial charge >= 0.3 is 0 Å². The van der Waals surface area contributed by atoms with Gasteiger partial charge in [0.05, 0.1) is 5.39 Å². The third-order valence-corrected chi connectivity index (χ3v) is 5.24. The minimum Gasteiger partial charge on any atom is -0.269 e. The van der Waals surface area contributed by atoms with Crippen LogP contribution < -0.4 is 0 Å². The fraction of sp³-hybridized carbons (Fsp3) is 0.235. The quantitative estimate of drug-likeness (QED) is 0.579. The summed E-state index contributed by atoms with van der Waals surface area (Å²) in [5.74, 6) is 0.969. The molecule has 4 aromatic rings. The molecule has 0 atom stereocenters. The van der Waals surface area contributed by atoms with E-state index < -0.39 is 0 Å². The van der Waals surface area contributed by atoms with Crippen LogP contribution in [0.2, 0.25) is 0 Å². The number of hydrogen-bond donors (Lipinski definition) is 0. The molecule has 0 amide bonds. The van der Waals surface area contributed by atoms with Crippen molar-refractivity contribution in [2.45, 2.75) is 26.7 Å². The second-order valence-electron chi connectivity index (χ2n) is 5.50. The lowest BCUT2D eigenvalue weighted by Gasteiger charge is -2.01. The largest absolute Gasteiger partial charge is 0.269 e. The van der Waals surface area contributed by atoms with Crippen molar-refractivity contribution >= 4 is 27.2 Å². The molecule has 22 heavy (non-hydrogen) atoms. The third kappa shape index (κ3) is 2.09. The van der Waals surface area contributed by atoms with Crippen molar-refractivity contribution in [1.29, 1.82) is 0 Å². The smallest absolute Gasteiger partial charge is 0.172 e. The summed E-state index contributed by atoms with van der Waals surface area (Å²) in [6.45, 7) is 4.26. The summed E-state index contributed by atoms with van der Waals surface area (Å²) < 4.78 is 2.03. The van der Waals surface area contributed by atoms with Gasteiger partial charge in [-0.15, -0.1) is 21.5 Å². The van der Waals surface area contributed by atoms with Gasteiger partial charge in [-0.05, 0) is 31.4 Å². The van der Waals surface area contributed by atoms with E-state index in [1.54, 1.807) is 11.3 Å². The van der Waals surface area contributed by atoms with Crippen LogP contribution in [0.4, 0.5) is 0 Å². The SMILES string of the molecule is Cc1sc2ncn3c(CCc4ccccc4)nnc3c2c1C. The van der Waals surface area contributed by atoms with Gasteiger partial charge in [-0.25, -0.2) is 4.98 Å². The highest BCUT2D eigenvalue weighted by molar-refractivity contribution is 7.18. The van der Waals surface area contributed by atoms with E-state index in [2.05, 4.69) is 53.3 Å². The second-order valence-corrected chi connectivity index (χ2v) is 6.71. The van der Waals surface area contributed by atoms with E-state index in [-0.39, 0.29) is 0 Å². The van der Waals surface area contributed by atoms with Gasteiger partial charge in [-0.3, -0.25) is 4.40 Å². The summed E-state index contributed by atoms with van der Waals surface area (Å²) in [7, 11) is 0. The van der Waals surface area contributed by atoms with Crippen molar-refractivity contribution in [2.75, 3.05) is 0 Å². The standard InChI is InChI=1S/C17H16N4S/c1-11-12(2)22-17-15(11)16-20-19-14(21(16)10-18-17)9-8-13-6-4-3-5-7-13/h3-7,10H,8-9H2,1-2H3. The van der Waals surface area contributed by atoms with E-state index in [4.69, 9.17) is 0 Å². The Bertz CT molecular complexity index is 953. The molecule has 0 bridgehead atoms. The highest BCUT2D eigenvalue weighted by atomic mass is 32.1. The summed E-state index contributed by atoms with van der Waals surface area (Å²) in [6, 6.07) is 10.5. The maximum atomic E-state index is 4.58. The summed E-state index contributed by atoms with van der Waals surface area (Å²) in [6.07, 6.45) is 3.68. The number of hydrogen-bond acceptors (Lipinski definition) is 4. The Morgan fingerprint density at radius 1 is 1.05 bits per heavy atom. The predicted octanol–water partition coefficient (Wildman–Crippen LogP) is 3.74. The van der Waals surface area contributed by atoms with Crippen LogP contribution in [0.25, 0.3) is 15.9 Å². The summed E-state index contributed by atoms with van der Waals surface area (Å²) >= 11 is 1.72. The first kappa shape index (κ1) is 13.4. The Kier molecular flexibility index (Phi) is 3.15. The molecule has 0 unspecified atom stereocenters. The maximum Gasteiger partial charge on any atom is 0.172 e. The molecular formula is C17H16N4S. The molecule has 0 saturated carbocycles. The minimum atomic E-state index is 0.862. The molecular weight excluding hydrogens is 292 g/mol. The minimum absolute atomic E-state index is 0.862. The van der Waals surface area contributed by atoms with Crippen LogP contribution in [-0.4, -0.2) is 19.6 Å². The predicted molar refractivity (Wildman–Crippen MR) is 89.5 cm³/mol. The molecule has 4 rings (SSSR count). The lowest BCUT2D eigenvalue weighted by atomic mass is 10.1. The van der Waals surface area contributed by atoms with Crippen LogP contribution in [-0.2, 0) is 12.8 Å². The molecule has 3 heterocycles. The normalized spacial score (nSPS) is 11.5. The Labute approximate surface area is 132 Å². The number of fused-ring (bicyclic) bond motifs is 3. The first-order valence-corrected chi connectivity index (χ1v) is 8.18. The molecule has 5 heteroatoms. The molecule has 0 aliphatic rings. The summed E-state index contributed by atoms with van der Waals surface area (Å²) in [4.78, 5) is 6.92. The third-order valence-electron chi connectivity index (χ3n) is 4.13. The first-order chi connectivity index (χ1) is 10.7. The van der Waals surface area contributed by atoms with E-state index in [1.165, 1.54) is 16.0 Å². The van der Waals surface area contributed by atoms with E-state index in [9.17, 15) is 0 Å². The number of aryl methyl sites for hydroxylation is 4. The summed E-state index contributed by atoms with van der Waals surface area (Å²) in [5, 5.41) is 9.94. The molecule has 0 aliphatic heterocycles. The van der Waals surface area contributed by atoms with Crippen LogP contribution in [0.5, 0.6) is 0 Å². The lowest BCUT2D eigenvalue weighted by molar-refractivity contribution is 0.834. The fourth-order valence-corrected chi connectivity index (χ4v) is 3.75. The number of rotatable bonds is 3. The van der Waals surface area contributed by atoms with Crippen molar-refractivity contribution in [2.24, 2.45) is 0 Å². The second kappa shape index (κ2) is 5.18. The van der Waals surface area contributed by atoms with Crippen LogP contribution in [0.3, 0.4) is 0 Å². The molecule has 0 aliphatic carbocycles. The maximum absolute atomic E-state index is 4.58. The van der Waals surface area contributed by atoms with Crippen molar-refractivity contribution in [3.8, 4) is 0 Å². The summed E-state index contributed by atoms with van der Waals surface area (Å²) in [5.41, 5.74) is 3.51. The number of benzene rings is 1. The fourth-order valence-electron chi connectivity index (χ4n) is 2.76. The molecule has 0 saturated heterocycles. The molecule has 0 fully saturated rings. The van der Waals surface area contributed by atoms with E-state index in [0.717, 1.165) is 34.5 Å². The topological polar surface area (TPSA) is 43.1 Å². The van der Waals surface area contributed by atoms with Gasteiger partial charge in [0.15, 0.2) is 5.65 Å². The molecule has 3 aromatic heterocycles. The van der Waals surface area contributed by atoms with Gasteiger partial charge in [0, 0.05) is 11.3 Å². The van der Waals surface area contributed by atoms with Crippen molar-refractivity contribution in [3.63, 3.8) is 0 Å². The monoisotopic (exact) mass is 308 g/mol. The molecule has 110 valence electrons. The van der Waals surface area contributed by atoms with Crippen LogP contribution in [0.15, 0.2) is 36.7 Å². The Hall–Kier alpha value is -2.27. The van der Waals surface area contributed by atoms with Gasteiger partial charge in [-0.2, -0.15) is 0 Å². The van der Waals surface area contributed by atoms with Gasteiger partial charge in [0.2, 0.25) is 0 Å². The van der Waals surface area contributed by atoms with Gasteiger partial charge in [0.25, 0.3) is 0 Å². The van der Waals surface area contributed by atoms with E-state index in [1.807, 2.05) is 16.8 Å². The average molecular weight is 308 g/mol. The first-order valence-electron chi connectivity index (χ1n) is 7.36. The molecule has 0 N–H and O–H groups in total.